The number of hydrogen-bond acceptors (Lipinski definition) is 3. The fourth-order valence-corrected chi connectivity index (χ4v) is 2.68. The van der Waals surface area contributed by atoms with Crippen molar-refractivity contribution in [2.45, 2.75) is 33.2 Å². The molecule has 1 saturated heterocycles. The fourth-order valence-electron chi connectivity index (χ4n) is 2.68. The van der Waals surface area contributed by atoms with Gasteiger partial charge in [-0.3, -0.25) is 0 Å². The number of halogens is 1. The maximum atomic E-state index is 11.4. The summed E-state index contributed by atoms with van der Waals surface area (Å²) in [5.74, 6) is 1.48. The van der Waals surface area contributed by atoms with Gasteiger partial charge in [0.2, 0.25) is 0 Å². The average molecular weight is 445 g/mol. The van der Waals surface area contributed by atoms with E-state index >= 15 is 0 Å². The lowest BCUT2D eigenvalue weighted by atomic mass is 10.00. The number of aliphatic imine (C=N–C) groups is 1. The van der Waals surface area contributed by atoms with Crippen molar-refractivity contribution in [2.24, 2.45) is 10.9 Å². The van der Waals surface area contributed by atoms with Gasteiger partial charge < -0.3 is 15.0 Å². The number of benzene rings is 1. The summed E-state index contributed by atoms with van der Waals surface area (Å²) < 4.78 is 4.71. The molecule has 5 nitrogen and oxygen atoms in total. The Balaban J connectivity index is 0.00000288. The van der Waals surface area contributed by atoms with Crippen LogP contribution >= 0.6 is 24.0 Å². The lowest BCUT2D eigenvalue weighted by Gasteiger charge is -2.33. The molecule has 24 heavy (non-hydrogen) atoms. The van der Waals surface area contributed by atoms with Crippen LogP contribution in [0.25, 0.3) is 0 Å². The molecule has 0 aliphatic carbocycles. The Hall–Kier alpha value is -1.31. The molecule has 1 aromatic carbocycles. The third-order valence-corrected chi connectivity index (χ3v) is 4.20. The van der Waals surface area contributed by atoms with Crippen molar-refractivity contribution in [3.63, 3.8) is 0 Å². The van der Waals surface area contributed by atoms with Crippen LogP contribution in [0.4, 0.5) is 0 Å². The van der Waals surface area contributed by atoms with Crippen LogP contribution in [0.2, 0.25) is 0 Å². The Bertz CT molecular complexity index is 538. The number of piperidine rings is 1. The van der Waals surface area contributed by atoms with Gasteiger partial charge in [0.25, 0.3) is 0 Å². The van der Waals surface area contributed by atoms with Crippen molar-refractivity contribution in [1.82, 2.24) is 10.2 Å². The predicted molar refractivity (Wildman–Crippen MR) is 108 cm³/mol. The number of ether oxygens (including phenoxy) is 1. The molecule has 1 heterocycles. The largest absolute Gasteiger partial charge is 0.465 e. The van der Waals surface area contributed by atoms with E-state index in [1.165, 1.54) is 20.0 Å². The van der Waals surface area contributed by atoms with E-state index in [0.29, 0.717) is 12.1 Å². The predicted octanol–water partition coefficient (Wildman–Crippen LogP) is 3.29. The molecular formula is C18H28IN3O2. The number of hydrogen-bond donors (Lipinski definition) is 1. The maximum Gasteiger partial charge on any atom is 0.337 e. The van der Waals surface area contributed by atoms with Gasteiger partial charge in [0.05, 0.1) is 19.2 Å². The Labute approximate surface area is 161 Å². The highest BCUT2D eigenvalue weighted by molar-refractivity contribution is 14.0. The second-order valence-electron chi connectivity index (χ2n) is 6.03. The molecule has 0 unspecified atom stereocenters. The Morgan fingerprint density at radius 2 is 1.92 bits per heavy atom. The van der Waals surface area contributed by atoms with Crippen LogP contribution in [-0.2, 0) is 11.3 Å². The van der Waals surface area contributed by atoms with Crippen LogP contribution in [-0.4, -0.2) is 43.6 Å². The first-order valence-electron chi connectivity index (χ1n) is 8.34. The topological polar surface area (TPSA) is 53.9 Å². The van der Waals surface area contributed by atoms with Gasteiger partial charge in [-0.05, 0) is 43.4 Å². The first kappa shape index (κ1) is 20.7. The van der Waals surface area contributed by atoms with E-state index in [2.05, 4.69) is 24.1 Å². The van der Waals surface area contributed by atoms with Crippen LogP contribution in [0.15, 0.2) is 29.3 Å². The standard InChI is InChI=1S/C18H27N3O2.HI/c1-4-19-18(21-11-9-14(2)10-12-21)20-13-15-5-7-16(8-6-15)17(22)23-3;/h5-8,14H,4,9-13H2,1-3H3,(H,19,20);1H. The number of carbonyl (C=O) groups excluding carboxylic acids is 1. The van der Waals surface area contributed by atoms with Crippen LogP contribution in [0, 0.1) is 5.92 Å². The molecule has 1 aromatic rings. The number of rotatable bonds is 4. The van der Waals surface area contributed by atoms with Gasteiger partial charge in [-0.1, -0.05) is 19.1 Å². The van der Waals surface area contributed by atoms with Gasteiger partial charge in [-0.2, -0.15) is 0 Å². The number of likely N-dealkylation sites (tertiary alicyclic amines) is 1. The van der Waals surface area contributed by atoms with Crippen molar-refractivity contribution in [2.75, 3.05) is 26.7 Å². The zero-order valence-electron chi connectivity index (χ0n) is 14.7. The minimum Gasteiger partial charge on any atom is -0.465 e. The molecule has 0 bridgehead atoms. The summed E-state index contributed by atoms with van der Waals surface area (Å²) >= 11 is 0. The minimum atomic E-state index is -0.309. The number of nitrogens with zero attached hydrogens (tertiary/aromatic N) is 2. The van der Waals surface area contributed by atoms with Gasteiger partial charge in [0.1, 0.15) is 0 Å². The minimum absolute atomic E-state index is 0. The third kappa shape index (κ3) is 5.96. The summed E-state index contributed by atoms with van der Waals surface area (Å²) in [5.41, 5.74) is 1.65. The van der Waals surface area contributed by atoms with Crippen molar-refractivity contribution in [3.05, 3.63) is 35.4 Å². The summed E-state index contributed by atoms with van der Waals surface area (Å²) in [5, 5.41) is 3.38. The maximum absolute atomic E-state index is 11.4. The van der Waals surface area contributed by atoms with Crippen molar-refractivity contribution < 1.29 is 9.53 Å². The number of esters is 1. The molecular weight excluding hydrogens is 417 g/mol. The number of methoxy groups -OCH3 is 1. The van der Waals surface area contributed by atoms with E-state index in [4.69, 9.17) is 9.73 Å². The van der Waals surface area contributed by atoms with Gasteiger partial charge in [-0.15, -0.1) is 24.0 Å². The zero-order valence-corrected chi connectivity index (χ0v) is 17.1. The molecule has 1 fully saturated rings. The summed E-state index contributed by atoms with van der Waals surface area (Å²) in [6, 6.07) is 7.42. The molecule has 0 amide bonds. The van der Waals surface area contributed by atoms with Crippen molar-refractivity contribution >= 4 is 35.9 Å². The second-order valence-corrected chi connectivity index (χ2v) is 6.03. The summed E-state index contributed by atoms with van der Waals surface area (Å²) in [6.07, 6.45) is 2.44. The molecule has 0 spiro atoms. The normalized spacial score (nSPS) is 15.6. The molecule has 0 aromatic heterocycles. The van der Waals surface area contributed by atoms with E-state index in [9.17, 15) is 4.79 Å². The lowest BCUT2D eigenvalue weighted by Crippen LogP contribution is -2.45. The van der Waals surface area contributed by atoms with Crippen LogP contribution < -0.4 is 5.32 Å². The quantitative estimate of drug-likeness (QED) is 0.335. The third-order valence-electron chi connectivity index (χ3n) is 4.20. The Morgan fingerprint density at radius 3 is 2.46 bits per heavy atom. The molecule has 0 radical (unpaired) electrons. The molecule has 1 N–H and O–H groups in total. The summed E-state index contributed by atoms with van der Waals surface area (Å²) in [7, 11) is 1.39. The summed E-state index contributed by atoms with van der Waals surface area (Å²) in [6.45, 7) is 8.00. The molecule has 0 atom stereocenters. The van der Waals surface area contributed by atoms with E-state index in [1.54, 1.807) is 12.1 Å². The van der Waals surface area contributed by atoms with Gasteiger partial charge >= 0.3 is 5.97 Å². The summed E-state index contributed by atoms with van der Waals surface area (Å²) in [4.78, 5) is 18.5. The molecule has 134 valence electrons. The van der Waals surface area contributed by atoms with E-state index in [1.807, 2.05) is 12.1 Å². The molecule has 6 heteroatoms. The SMILES string of the molecule is CCNC(=NCc1ccc(C(=O)OC)cc1)N1CCC(C)CC1.I. The lowest BCUT2D eigenvalue weighted by molar-refractivity contribution is 0.0600. The zero-order chi connectivity index (χ0) is 16.7. The molecule has 1 aliphatic rings. The van der Waals surface area contributed by atoms with E-state index < -0.39 is 0 Å². The fraction of sp³-hybridized carbons (Fsp3) is 0.556. The first-order valence-corrected chi connectivity index (χ1v) is 8.34. The van der Waals surface area contributed by atoms with E-state index in [0.717, 1.165) is 37.1 Å². The van der Waals surface area contributed by atoms with Crippen LogP contribution in [0.1, 0.15) is 42.6 Å². The molecule has 1 aliphatic heterocycles. The highest BCUT2D eigenvalue weighted by atomic mass is 127. The highest BCUT2D eigenvalue weighted by Crippen LogP contribution is 2.16. The molecule has 2 rings (SSSR count). The number of carbonyl (C=O) groups is 1. The highest BCUT2D eigenvalue weighted by Gasteiger charge is 2.18. The Kier molecular flexibility index (Phi) is 9.10. The Morgan fingerprint density at radius 1 is 1.29 bits per heavy atom. The monoisotopic (exact) mass is 445 g/mol. The number of nitrogens with one attached hydrogen (secondary N) is 1. The average Bonchev–Trinajstić information content (AvgIpc) is 2.59. The first-order chi connectivity index (χ1) is 11.1. The van der Waals surface area contributed by atoms with Crippen molar-refractivity contribution in [3.8, 4) is 0 Å². The van der Waals surface area contributed by atoms with E-state index in [-0.39, 0.29) is 29.9 Å². The van der Waals surface area contributed by atoms with Crippen LogP contribution in [0.3, 0.4) is 0 Å². The van der Waals surface area contributed by atoms with Crippen LogP contribution in [0.5, 0.6) is 0 Å². The second kappa shape index (κ2) is 10.5. The number of guanidine groups is 1. The molecule has 0 saturated carbocycles. The van der Waals surface area contributed by atoms with Gasteiger partial charge in [0.15, 0.2) is 5.96 Å². The smallest absolute Gasteiger partial charge is 0.337 e. The van der Waals surface area contributed by atoms with Gasteiger partial charge in [0, 0.05) is 19.6 Å². The van der Waals surface area contributed by atoms with Crippen molar-refractivity contribution in [1.29, 1.82) is 0 Å². The van der Waals surface area contributed by atoms with Gasteiger partial charge in [-0.25, -0.2) is 9.79 Å².